The summed E-state index contributed by atoms with van der Waals surface area (Å²) in [4.78, 5) is 72.5. The van der Waals surface area contributed by atoms with Gasteiger partial charge in [-0.25, -0.2) is 9.13 Å². The van der Waals surface area contributed by atoms with Crippen molar-refractivity contribution in [3.8, 4) is 0 Å². The van der Waals surface area contributed by atoms with Gasteiger partial charge in [0.25, 0.3) is 0 Å². The van der Waals surface area contributed by atoms with Crippen molar-refractivity contribution in [1.29, 1.82) is 0 Å². The zero-order valence-electron chi connectivity index (χ0n) is 58.1. The summed E-state index contributed by atoms with van der Waals surface area (Å²) in [6.45, 7) is 14.1. The lowest BCUT2D eigenvalue weighted by atomic mass is 9.99. The van der Waals surface area contributed by atoms with Crippen molar-refractivity contribution in [2.75, 3.05) is 39.6 Å². The SMILES string of the molecule is CCC(C)CCCCCCCCCCC(=O)O[C@H](COC(=O)CCCCCCCCCCCCCCCCC(C)C)COP(=O)(O)OC[C@@H](O)COP(=O)(O)OC[C@@H](COC(=O)CCCCCCCCC(C)CC)OC(=O)CCCCCCCCC(C)CC. The molecule has 5 unspecified atom stereocenters. The highest BCUT2D eigenvalue weighted by Gasteiger charge is 2.30. The predicted molar refractivity (Wildman–Crippen MR) is 358 cm³/mol. The molecule has 0 aromatic heterocycles. The van der Waals surface area contributed by atoms with Crippen molar-refractivity contribution in [3.63, 3.8) is 0 Å². The van der Waals surface area contributed by atoms with Gasteiger partial charge in [0.2, 0.25) is 0 Å². The second kappa shape index (κ2) is 59.8. The maximum Gasteiger partial charge on any atom is 0.472 e. The smallest absolute Gasteiger partial charge is 0.462 e. The van der Waals surface area contributed by atoms with Gasteiger partial charge in [-0.3, -0.25) is 37.3 Å². The number of hydrogen-bond acceptors (Lipinski definition) is 15. The molecule has 0 saturated heterocycles. The zero-order valence-corrected chi connectivity index (χ0v) is 59.8. The van der Waals surface area contributed by atoms with E-state index < -0.39 is 97.5 Å². The number of carbonyl (C=O) groups excluding carboxylic acids is 4. The van der Waals surface area contributed by atoms with Crippen LogP contribution in [0.1, 0.15) is 344 Å². The molecular formula is C70H136O17P2. The average Bonchev–Trinajstić information content (AvgIpc) is 3.55. The van der Waals surface area contributed by atoms with Gasteiger partial charge in [0.15, 0.2) is 12.2 Å². The number of ether oxygens (including phenoxy) is 4. The third-order valence-corrected chi connectivity index (χ3v) is 19.1. The molecule has 0 bridgehead atoms. The first-order valence-corrected chi connectivity index (χ1v) is 39.3. The molecule has 528 valence electrons. The van der Waals surface area contributed by atoms with Crippen molar-refractivity contribution < 1.29 is 80.2 Å². The van der Waals surface area contributed by atoms with E-state index in [4.69, 9.17) is 37.0 Å². The highest BCUT2D eigenvalue weighted by Crippen LogP contribution is 2.45. The number of unbranched alkanes of at least 4 members (excludes halogenated alkanes) is 30. The monoisotopic (exact) mass is 1310 g/mol. The second-order valence-corrected chi connectivity index (χ2v) is 29.4. The lowest BCUT2D eigenvalue weighted by molar-refractivity contribution is -0.161. The van der Waals surface area contributed by atoms with Gasteiger partial charge in [-0.05, 0) is 49.4 Å². The molecule has 0 aliphatic rings. The number of esters is 4. The Morgan fingerprint density at radius 3 is 0.798 bits per heavy atom. The lowest BCUT2D eigenvalue weighted by Crippen LogP contribution is -2.30. The van der Waals surface area contributed by atoms with Crippen LogP contribution in [0, 0.1) is 23.7 Å². The standard InChI is InChI=1S/C70H136O17P2/c1-9-61(6)47-39-31-23-20-21-25-36-44-52-69(74)86-65(56-80-67(72)50-42-34-24-19-17-15-13-12-14-16-18-22-30-38-46-60(4)5)58-84-88(76,77)82-54-64(71)55-83-89(78,79)85-59-66(87-70(75)53-45-37-29-27-33-41-49-63(8)11-3)57-81-68(73)51-43-35-28-26-32-40-48-62(7)10-2/h60-66,71H,9-59H2,1-8H3,(H,76,77)(H,78,79)/t61?,62?,63?,64-,65-,66-/m1/s1. The predicted octanol–water partition coefficient (Wildman–Crippen LogP) is 19.7. The number of hydrogen-bond donors (Lipinski definition) is 3. The number of phosphoric acid groups is 2. The van der Waals surface area contributed by atoms with Crippen LogP contribution in [0.15, 0.2) is 0 Å². The molecule has 0 aliphatic carbocycles. The largest absolute Gasteiger partial charge is 0.472 e. The van der Waals surface area contributed by atoms with Gasteiger partial charge in [0.1, 0.15) is 19.3 Å². The van der Waals surface area contributed by atoms with Gasteiger partial charge in [-0.2, -0.15) is 0 Å². The first-order valence-electron chi connectivity index (χ1n) is 36.3. The van der Waals surface area contributed by atoms with Gasteiger partial charge in [0, 0.05) is 25.7 Å². The summed E-state index contributed by atoms with van der Waals surface area (Å²) in [7, 11) is -9.90. The number of aliphatic hydroxyl groups excluding tert-OH is 1. The Morgan fingerprint density at radius 2 is 0.539 bits per heavy atom. The Hall–Kier alpha value is -1.94. The molecule has 0 aliphatic heterocycles. The molecule has 0 aromatic carbocycles. The summed E-state index contributed by atoms with van der Waals surface area (Å²) in [5.41, 5.74) is 0. The number of aliphatic hydroxyl groups is 1. The number of rotatable bonds is 67. The third-order valence-electron chi connectivity index (χ3n) is 17.2. The highest BCUT2D eigenvalue weighted by molar-refractivity contribution is 7.47. The van der Waals surface area contributed by atoms with E-state index in [0.29, 0.717) is 25.7 Å². The maximum absolute atomic E-state index is 13.0. The first-order chi connectivity index (χ1) is 42.7. The molecule has 0 saturated carbocycles. The number of carbonyl (C=O) groups is 4. The molecule has 0 fully saturated rings. The van der Waals surface area contributed by atoms with E-state index in [1.807, 2.05) is 0 Å². The fraction of sp³-hybridized carbons (Fsp3) is 0.943. The Labute approximate surface area is 543 Å². The average molecular weight is 1310 g/mol. The molecule has 0 spiro atoms. The summed E-state index contributed by atoms with van der Waals surface area (Å²) in [5, 5.41) is 10.6. The Bertz CT molecular complexity index is 1770. The van der Waals surface area contributed by atoms with Gasteiger partial charge in [-0.1, -0.05) is 293 Å². The summed E-state index contributed by atoms with van der Waals surface area (Å²) in [6.07, 6.45) is 41.7. The molecular weight excluding hydrogens is 1170 g/mol. The normalized spacial score (nSPS) is 15.2. The van der Waals surface area contributed by atoms with Crippen LogP contribution in [-0.4, -0.2) is 96.7 Å². The molecule has 0 amide bonds. The van der Waals surface area contributed by atoms with Crippen LogP contribution in [-0.2, 0) is 65.4 Å². The van der Waals surface area contributed by atoms with E-state index in [2.05, 4.69) is 55.4 Å². The Morgan fingerprint density at radius 1 is 0.315 bits per heavy atom. The Balaban J connectivity index is 5.23. The fourth-order valence-corrected chi connectivity index (χ4v) is 12.0. The lowest BCUT2D eigenvalue weighted by Gasteiger charge is -2.21. The molecule has 0 rings (SSSR count). The minimum absolute atomic E-state index is 0.102. The third kappa shape index (κ3) is 60.7. The van der Waals surface area contributed by atoms with E-state index in [9.17, 15) is 43.2 Å². The topological polar surface area (TPSA) is 237 Å². The number of phosphoric ester groups is 2. The van der Waals surface area contributed by atoms with Crippen LogP contribution in [0.5, 0.6) is 0 Å². The molecule has 3 N–H and O–H groups in total. The fourth-order valence-electron chi connectivity index (χ4n) is 10.4. The molecule has 89 heavy (non-hydrogen) atoms. The zero-order chi connectivity index (χ0) is 66.1. The van der Waals surface area contributed by atoms with Crippen molar-refractivity contribution >= 4 is 39.5 Å². The van der Waals surface area contributed by atoms with Crippen molar-refractivity contribution in [2.24, 2.45) is 23.7 Å². The van der Waals surface area contributed by atoms with Crippen molar-refractivity contribution in [1.82, 2.24) is 0 Å². The van der Waals surface area contributed by atoms with Crippen LogP contribution in [0.25, 0.3) is 0 Å². The van der Waals surface area contributed by atoms with Gasteiger partial charge >= 0.3 is 39.5 Å². The maximum atomic E-state index is 13.0. The molecule has 19 heteroatoms. The van der Waals surface area contributed by atoms with E-state index >= 15 is 0 Å². The molecule has 0 radical (unpaired) electrons. The van der Waals surface area contributed by atoms with E-state index in [1.54, 1.807) is 0 Å². The quantitative estimate of drug-likeness (QED) is 0.0222. The van der Waals surface area contributed by atoms with Crippen molar-refractivity contribution in [2.45, 2.75) is 363 Å². The van der Waals surface area contributed by atoms with E-state index in [0.717, 1.165) is 120 Å². The van der Waals surface area contributed by atoms with Crippen LogP contribution in [0.2, 0.25) is 0 Å². The van der Waals surface area contributed by atoms with Crippen molar-refractivity contribution in [3.05, 3.63) is 0 Å². The molecule has 0 aromatic rings. The Kier molecular flexibility index (Phi) is 58.5. The van der Waals surface area contributed by atoms with Crippen LogP contribution >= 0.6 is 15.6 Å². The van der Waals surface area contributed by atoms with Gasteiger partial charge in [-0.15, -0.1) is 0 Å². The highest BCUT2D eigenvalue weighted by atomic mass is 31.2. The van der Waals surface area contributed by atoms with Gasteiger partial charge < -0.3 is 33.8 Å². The molecule has 17 nitrogen and oxygen atoms in total. The van der Waals surface area contributed by atoms with E-state index in [1.165, 1.54) is 141 Å². The summed E-state index contributed by atoms with van der Waals surface area (Å²) >= 11 is 0. The molecule has 8 atom stereocenters. The minimum Gasteiger partial charge on any atom is -0.462 e. The van der Waals surface area contributed by atoms with Crippen LogP contribution in [0.4, 0.5) is 0 Å². The van der Waals surface area contributed by atoms with Crippen LogP contribution < -0.4 is 0 Å². The minimum atomic E-state index is -4.95. The summed E-state index contributed by atoms with van der Waals surface area (Å²) in [5.74, 6) is 0.885. The summed E-state index contributed by atoms with van der Waals surface area (Å²) < 4.78 is 68.2. The van der Waals surface area contributed by atoms with E-state index in [-0.39, 0.29) is 25.7 Å². The molecule has 0 heterocycles. The first kappa shape index (κ1) is 87.1. The summed E-state index contributed by atoms with van der Waals surface area (Å²) in [6, 6.07) is 0. The van der Waals surface area contributed by atoms with Crippen LogP contribution in [0.3, 0.4) is 0 Å². The second-order valence-electron chi connectivity index (χ2n) is 26.5. The van der Waals surface area contributed by atoms with Gasteiger partial charge in [0.05, 0.1) is 26.4 Å².